The molecule has 0 aliphatic heterocycles. The number of nitrogens with one attached hydrogen (secondary N) is 2. The molecule has 0 saturated heterocycles. The highest BCUT2D eigenvalue weighted by atomic mass is 16.5. The molecule has 2 N–H and O–H groups in total. The van der Waals surface area contributed by atoms with Gasteiger partial charge in [0.15, 0.2) is 6.10 Å². The Kier molecular flexibility index (Phi) is 7.65. The molecule has 0 spiro atoms. The van der Waals surface area contributed by atoms with Crippen molar-refractivity contribution >= 4 is 11.8 Å². The van der Waals surface area contributed by atoms with Crippen molar-refractivity contribution in [3.63, 3.8) is 0 Å². The van der Waals surface area contributed by atoms with Crippen LogP contribution in [0.2, 0.25) is 0 Å². The van der Waals surface area contributed by atoms with Crippen LogP contribution in [0.4, 0.5) is 0 Å². The summed E-state index contributed by atoms with van der Waals surface area (Å²) in [6.45, 7) is 4.02. The van der Waals surface area contributed by atoms with Crippen molar-refractivity contribution in [1.82, 2.24) is 10.9 Å². The van der Waals surface area contributed by atoms with E-state index in [-0.39, 0.29) is 0 Å². The van der Waals surface area contributed by atoms with E-state index in [2.05, 4.69) is 17.8 Å². The number of amides is 2. The topological polar surface area (TPSA) is 76.7 Å². The number of carbonyl (C=O) groups is 2. The minimum Gasteiger partial charge on any atom is -0.488 e. The van der Waals surface area contributed by atoms with Gasteiger partial charge in [-0.2, -0.15) is 0 Å². The van der Waals surface area contributed by atoms with Gasteiger partial charge in [-0.1, -0.05) is 61.5 Å². The quantitative estimate of drug-likeness (QED) is 0.541. The lowest BCUT2D eigenvalue weighted by atomic mass is 10.2. The van der Waals surface area contributed by atoms with Crippen molar-refractivity contribution in [1.29, 1.82) is 0 Å². The normalized spacial score (nSPS) is 11.3. The molecule has 1 atom stereocenters. The van der Waals surface area contributed by atoms with Gasteiger partial charge in [0.25, 0.3) is 11.8 Å². The second-order valence-electron chi connectivity index (χ2n) is 6.97. The minimum absolute atomic E-state index is 0.322. The van der Waals surface area contributed by atoms with E-state index in [1.54, 1.807) is 31.2 Å². The van der Waals surface area contributed by atoms with E-state index in [0.29, 0.717) is 23.7 Å². The van der Waals surface area contributed by atoms with Gasteiger partial charge in [-0.15, -0.1) is 0 Å². The Bertz CT molecular complexity index is 1000. The van der Waals surface area contributed by atoms with Crippen molar-refractivity contribution in [3.8, 4) is 11.5 Å². The summed E-state index contributed by atoms with van der Waals surface area (Å²) in [4.78, 5) is 24.9. The van der Waals surface area contributed by atoms with Crippen molar-refractivity contribution in [2.45, 2.75) is 33.0 Å². The van der Waals surface area contributed by atoms with Gasteiger partial charge in [-0.05, 0) is 48.7 Å². The first-order valence-electron chi connectivity index (χ1n) is 10.2. The molecule has 3 aromatic carbocycles. The van der Waals surface area contributed by atoms with Gasteiger partial charge < -0.3 is 9.47 Å². The number of hydrogen-bond donors (Lipinski definition) is 2. The summed E-state index contributed by atoms with van der Waals surface area (Å²) < 4.78 is 11.4. The van der Waals surface area contributed by atoms with E-state index < -0.39 is 17.9 Å². The third kappa shape index (κ3) is 6.34. The van der Waals surface area contributed by atoms with Crippen molar-refractivity contribution in [3.05, 3.63) is 95.6 Å². The highest BCUT2D eigenvalue weighted by Crippen LogP contribution is 2.19. The zero-order valence-electron chi connectivity index (χ0n) is 17.6. The maximum Gasteiger partial charge on any atom is 0.279 e. The van der Waals surface area contributed by atoms with Crippen LogP contribution >= 0.6 is 0 Å². The molecule has 31 heavy (non-hydrogen) atoms. The molecule has 0 bridgehead atoms. The zero-order valence-corrected chi connectivity index (χ0v) is 17.6. The summed E-state index contributed by atoms with van der Waals surface area (Å²) in [5.74, 6) is 0.0800. The van der Waals surface area contributed by atoms with Crippen LogP contribution in [0.15, 0.2) is 78.9 Å². The molecular weight excluding hydrogens is 392 g/mol. The standard InChI is InChI=1S/C25H26N2O4/c1-3-19-13-15-21(16-14-19)31-18(2)24(28)26-27-25(29)22-11-7-8-12-23(22)30-17-20-9-5-4-6-10-20/h4-16,18H,3,17H2,1-2H3,(H,26,28)(H,27,29)/t18-/m1/s1. The molecule has 3 rings (SSSR count). The molecule has 3 aromatic rings. The predicted molar refractivity (Wildman–Crippen MR) is 119 cm³/mol. The Morgan fingerprint density at radius 3 is 2.23 bits per heavy atom. The summed E-state index contributed by atoms with van der Waals surface area (Å²) in [7, 11) is 0. The Balaban J connectivity index is 1.54. The molecule has 0 radical (unpaired) electrons. The number of para-hydroxylation sites is 1. The number of ether oxygens (including phenoxy) is 2. The van der Waals surface area contributed by atoms with Gasteiger partial charge in [0, 0.05) is 0 Å². The molecular formula is C25H26N2O4. The van der Waals surface area contributed by atoms with Crippen molar-refractivity contribution < 1.29 is 19.1 Å². The molecule has 2 amide bonds. The SMILES string of the molecule is CCc1ccc(O[C@H](C)C(=O)NNC(=O)c2ccccc2OCc2ccccc2)cc1. The molecule has 6 heteroatoms. The molecule has 0 aliphatic rings. The molecule has 160 valence electrons. The summed E-state index contributed by atoms with van der Waals surface area (Å²) in [5.41, 5.74) is 7.33. The lowest BCUT2D eigenvalue weighted by Gasteiger charge is -2.16. The second kappa shape index (κ2) is 10.8. The smallest absolute Gasteiger partial charge is 0.279 e. The number of hydrazine groups is 1. The molecule has 0 heterocycles. The average Bonchev–Trinajstić information content (AvgIpc) is 2.82. The lowest BCUT2D eigenvalue weighted by Crippen LogP contribution is -2.47. The fraction of sp³-hybridized carbons (Fsp3) is 0.200. The third-order valence-corrected chi connectivity index (χ3v) is 4.68. The van der Waals surface area contributed by atoms with Gasteiger partial charge >= 0.3 is 0 Å². The molecule has 0 unspecified atom stereocenters. The lowest BCUT2D eigenvalue weighted by molar-refractivity contribution is -0.128. The fourth-order valence-corrected chi connectivity index (χ4v) is 2.86. The molecule has 6 nitrogen and oxygen atoms in total. The Hall–Kier alpha value is -3.80. The maximum absolute atomic E-state index is 12.6. The Morgan fingerprint density at radius 1 is 0.839 bits per heavy atom. The third-order valence-electron chi connectivity index (χ3n) is 4.68. The predicted octanol–water partition coefficient (Wildman–Crippen LogP) is 4.06. The van der Waals surface area contributed by atoms with E-state index in [4.69, 9.17) is 9.47 Å². The van der Waals surface area contributed by atoms with E-state index in [1.165, 1.54) is 5.56 Å². The van der Waals surface area contributed by atoms with Gasteiger partial charge in [0.1, 0.15) is 18.1 Å². The van der Waals surface area contributed by atoms with E-state index in [1.807, 2.05) is 54.6 Å². The van der Waals surface area contributed by atoms with Gasteiger partial charge in [-0.25, -0.2) is 0 Å². The second-order valence-corrected chi connectivity index (χ2v) is 6.97. The number of carbonyl (C=O) groups excluding carboxylic acids is 2. The number of aryl methyl sites for hydroxylation is 1. The number of benzene rings is 3. The Morgan fingerprint density at radius 2 is 1.52 bits per heavy atom. The highest BCUT2D eigenvalue weighted by Gasteiger charge is 2.17. The van der Waals surface area contributed by atoms with E-state index >= 15 is 0 Å². The van der Waals surface area contributed by atoms with Crippen molar-refractivity contribution in [2.24, 2.45) is 0 Å². The molecule has 0 fully saturated rings. The first-order chi connectivity index (χ1) is 15.1. The first kappa shape index (κ1) is 21.9. The van der Waals surface area contributed by atoms with Crippen LogP contribution in [-0.2, 0) is 17.8 Å². The zero-order chi connectivity index (χ0) is 22.1. The van der Waals surface area contributed by atoms with Crippen LogP contribution in [0.1, 0.15) is 35.3 Å². The molecule has 0 saturated carbocycles. The van der Waals surface area contributed by atoms with Crippen molar-refractivity contribution in [2.75, 3.05) is 0 Å². The largest absolute Gasteiger partial charge is 0.488 e. The van der Waals surface area contributed by atoms with Crippen LogP contribution in [0.5, 0.6) is 11.5 Å². The van der Waals surface area contributed by atoms with Gasteiger partial charge in [0.2, 0.25) is 0 Å². The maximum atomic E-state index is 12.6. The summed E-state index contributed by atoms with van der Waals surface area (Å²) in [6.07, 6.45) is 0.149. The van der Waals surface area contributed by atoms with Gasteiger partial charge in [0.05, 0.1) is 5.56 Å². The fourth-order valence-electron chi connectivity index (χ4n) is 2.86. The monoisotopic (exact) mass is 418 g/mol. The summed E-state index contributed by atoms with van der Waals surface area (Å²) in [5, 5.41) is 0. The Labute approximate surface area is 182 Å². The van der Waals surface area contributed by atoms with Gasteiger partial charge in [-0.3, -0.25) is 20.4 Å². The number of hydrogen-bond acceptors (Lipinski definition) is 4. The minimum atomic E-state index is -0.780. The highest BCUT2D eigenvalue weighted by molar-refractivity contribution is 5.98. The first-order valence-corrected chi connectivity index (χ1v) is 10.2. The number of rotatable bonds is 8. The summed E-state index contributed by atoms with van der Waals surface area (Å²) >= 11 is 0. The van der Waals surface area contributed by atoms with Crippen LogP contribution in [0, 0.1) is 0 Å². The van der Waals surface area contributed by atoms with E-state index in [9.17, 15) is 9.59 Å². The molecule has 0 aromatic heterocycles. The van der Waals surface area contributed by atoms with Crippen LogP contribution in [0.25, 0.3) is 0 Å². The van der Waals surface area contributed by atoms with Crippen LogP contribution < -0.4 is 20.3 Å². The van der Waals surface area contributed by atoms with Crippen LogP contribution in [-0.4, -0.2) is 17.9 Å². The van der Waals surface area contributed by atoms with Crippen LogP contribution in [0.3, 0.4) is 0 Å². The summed E-state index contributed by atoms with van der Waals surface area (Å²) in [6, 6.07) is 24.1. The average molecular weight is 418 g/mol. The molecule has 0 aliphatic carbocycles. The van der Waals surface area contributed by atoms with E-state index in [0.717, 1.165) is 12.0 Å².